The molecule has 122 valence electrons. The van der Waals surface area contributed by atoms with E-state index in [1.807, 2.05) is 18.2 Å². The van der Waals surface area contributed by atoms with Gasteiger partial charge < -0.3 is 9.84 Å². The molecule has 0 unspecified atom stereocenters. The number of pyridine rings is 1. The van der Waals surface area contributed by atoms with E-state index in [2.05, 4.69) is 10.9 Å². The smallest absolute Gasteiger partial charge is 0.416 e. The van der Waals surface area contributed by atoms with Gasteiger partial charge in [0, 0.05) is 0 Å². The Hall–Kier alpha value is -3.04. The normalized spacial score (nSPS) is 9.83. The van der Waals surface area contributed by atoms with Crippen LogP contribution in [0, 0.1) is 12.3 Å². The fourth-order valence-corrected chi connectivity index (χ4v) is 2.06. The average molecular weight is 345 g/mol. The van der Waals surface area contributed by atoms with E-state index >= 15 is 0 Å². The van der Waals surface area contributed by atoms with Crippen molar-refractivity contribution in [1.29, 1.82) is 0 Å². The molecule has 2 rings (SSSR count). The van der Waals surface area contributed by atoms with Gasteiger partial charge in [-0.2, -0.15) is 0 Å². The minimum absolute atomic E-state index is 0.0176. The SMILES string of the molecule is C#CCN(C(=O)OCc1ccccc1)c1nc(Cl)ccc1C(=O)O. The van der Waals surface area contributed by atoms with Gasteiger partial charge in [0.2, 0.25) is 0 Å². The molecule has 0 aliphatic rings. The maximum absolute atomic E-state index is 12.3. The van der Waals surface area contributed by atoms with Crippen LogP contribution >= 0.6 is 11.6 Å². The van der Waals surface area contributed by atoms with Gasteiger partial charge in [0.25, 0.3) is 0 Å². The summed E-state index contributed by atoms with van der Waals surface area (Å²) in [6.07, 6.45) is 4.46. The first kappa shape index (κ1) is 17.3. The zero-order valence-electron chi connectivity index (χ0n) is 12.5. The molecule has 0 atom stereocenters. The van der Waals surface area contributed by atoms with Crippen molar-refractivity contribution in [2.75, 3.05) is 11.4 Å². The van der Waals surface area contributed by atoms with E-state index in [4.69, 9.17) is 22.8 Å². The fraction of sp³-hybridized carbons (Fsp3) is 0.118. The molecule has 2 aromatic rings. The molecular weight excluding hydrogens is 332 g/mol. The summed E-state index contributed by atoms with van der Waals surface area (Å²) in [7, 11) is 0. The predicted octanol–water partition coefficient (Wildman–Crippen LogP) is 3.21. The van der Waals surface area contributed by atoms with Gasteiger partial charge in [-0.1, -0.05) is 47.9 Å². The van der Waals surface area contributed by atoms with Crippen LogP contribution < -0.4 is 4.90 Å². The number of nitrogens with zero attached hydrogens (tertiary/aromatic N) is 2. The molecule has 7 heteroatoms. The number of benzene rings is 1. The predicted molar refractivity (Wildman–Crippen MR) is 89.0 cm³/mol. The van der Waals surface area contributed by atoms with Crippen LogP contribution in [-0.2, 0) is 11.3 Å². The van der Waals surface area contributed by atoms with Crippen LogP contribution in [0.4, 0.5) is 10.6 Å². The standard InChI is InChI=1S/C17H13ClN2O4/c1-2-10-20(15-13(16(21)22)8-9-14(18)19-15)17(23)24-11-12-6-4-3-5-7-12/h1,3-9H,10-11H2,(H,21,22). The highest BCUT2D eigenvalue weighted by Gasteiger charge is 2.24. The molecule has 24 heavy (non-hydrogen) atoms. The first-order valence-electron chi connectivity index (χ1n) is 6.84. The minimum Gasteiger partial charge on any atom is -0.478 e. The molecule has 1 N–H and O–H groups in total. The van der Waals surface area contributed by atoms with Gasteiger partial charge in [-0.05, 0) is 17.7 Å². The van der Waals surface area contributed by atoms with Crippen LogP contribution in [0.25, 0.3) is 0 Å². The maximum atomic E-state index is 12.3. The van der Waals surface area contributed by atoms with Gasteiger partial charge in [-0.15, -0.1) is 6.42 Å². The highest BCUT2D eigenvalue weighted by molar-refractivity contribution is 6.29. The molecule has 0 aliphatic heterocycles. The van der Waals surface area contributed by atoms with Gasteiger partial charge in [0.1, 0.15) is 17.3 Å². The Morgan fingerprint density at radius 1 is 1.25 bits per heavy atom. The van der Waals surface area contributed by atoms with Crippen molar-refractivity contribution in [2.45, 2.75) is 6.61 Å². The van der Waals surface area contributed by atoms with Gasteiger partial charge in [-0.25, -0.2) is 19.5 Å². The van der Waals surface area contributed by atoms with Crippen LogP contribution in [0.5, 0.6) is 0 Å². The molecule has 1 amide bonds. The van der Waals surface area contributed by atoms with E-state index in [0.29, 0.717) is 0 Å². The van der Waals surface area contributed by atoms with Gasteiger partial charge >= 0.3 is 12.1 Å². The molecular formula is C17H13ClN2O4. The lowest BCUT2D eigenvalue weighted by molar-refractivity contribution is 0.0697. The molecule has 0 spiro atoms. The average Bonchev–Trinajstić information content (AvgIpc) is 2.58. The number of aromatic nitrogens is 1. The topological polar surface area (TPSA) is 79.7 Å². The molecule has 0 fully saturated rings. The number of terminal acetylenes is 1. The number of hydrogen-bond donors (Lipinski definition) is 1. The Morgan fingerprint density at radius 2 is 1.96 bits per heavy atom. The van der Waals surface area contributed by atoms with E-state index in [1.54, 1.807) is 12.1 Å². The van der Waals surface area contributed by atoms with Gasteiger partial charge in [-0.3, -0.25) is 0 Å². The molecule has 6 nitrogen and oxygen atoms in total. The molecule has 1 aromatic heterocycles. The van der Waals surface area contributed by atoms with Crippen LogP contribution in [0.1, 0.15) is 15.9 Å². The third-order valence-corrected chi connectivity index (χ3v) is 3.21. The summed E-state index contributed by atoms with van der Waals surface area (Å²) in [6, 6.07) is 11.6. The Labute approximate surface area is 143 Å². The van der Waals surface area contributed by atoms with E-state index in [-0.39, 0.29) is 29.7 Å². The van der Waals surface area contributed by atoms with Crippen molar-refractivity contribution in [1.82, 2.24) is 4.98 Å². The largest absolute Gasteiger partial charge is 0.478 e. The molecule has 0 bridgehead atoms. The van der Waals surface area contributed by atoms with E-state index in [9.17, 15) is 14.7 Å². The highest BCUT2D eigenvalue weighted by atomic mass is 35.5. The molecule has 0 saturated heterocycles. The summed E-state index contributed by atoms with van der Waals surface area (Å²) < 4.78 is 5.19. The third kappa shape index (κ3) is 4.24. The van der Waals surface area contributed by atoms with Crippen molar-refractivity contribution >= 4 is 29.5 Å². The van der Waals surface area contributed by atoms with Crippen LogP contribution in [0.2, 0.25) is 5.15 Å². The van der Waals surface area contributed by atoms with Crippen LogP contribution in [0.15, 0.2) is 42.5 Å². The lowest BCUT2D eigenvalue weighted by Gasteiger charge is -2.20. The number of carboxylic acids is 1. The zero-order valence-corrected chi connectivity index (χ0v) is 13.2. The Kier molecular flexibility index (Phi) is 5.77. The Balaban J connectivity index is 2.26. The van der Waals surface area contributed by atoms with Crippen molar-refractivity contribution in [3.63, 3.8) is 0 Å². The number of rotatable bonds is 5. The number of carbonyl (C=O) groups is 2. The maximum Gasteiger partial charge on any atom is 0.416 e. The lowest BCUT2D eigenvalue weighted by Crippen LogP contribution is -2.34. The number of aromatic carboxylic acids is 1. The second kappa shape index (κ2) is 7.99. The van der Waals surface area contributed by atoms with E-state index in [0.717, 1.165) is 10.5 Å². The van der Waals surface area contributed by atoms with E-state index in [1.165, 1.54) is 12.1 Å². The second-order valence-corrected chi connectivity index (χ2v) is 5.03. The number of halogens is 1. The Morgan fingerprint density at radius 3 is 2.58 bits per heavy atom. The van der Waals surface area contributed by atoms with Crippen molar-refractivity contribution in [2.24, 2.45) is 0 Å². The summed E-state index contributed by atoms with van der Waals surface area (Å²) in [4.78, 5) is 28.5. The Bertz CT molecular complexity index is 787. The molecule has 0 aliphatic carbocycles. The van der Waals surface area contributed by atoms with E-state index < -0.39 is 12.1 Å². The van der Waals surface area contributed by atoms with Gasteiger partial charge in [0.05, 0.1) is 6.54 Å². The summed E-state index contributed by atoms with van der Waals surface area (Å²) >= 11 is 5.81. The number of amides is 1. The summed E-state index contributed by atoms with van der Waals surface area (Å²) in [5.74, 6) is 0.862. The zero-order chi connectivity index (χ0) is 17.5. The summed E-state index contributed by atoms with van der Waals surface area (Å²) in [5, 5.41) is 9.28. The lowest BCUT2D eigenvalue weighted by atomic mass is 10.2. The molecule has 1 aromatic carbocycles. The minimum atomic E-state index is -1.26. The molecule has 0 saturated carbocycles. The first-order valence-corrected chi connectivity index (χ1v) is 7.22. The number of anilines is 1. The highest BCUT2D eigenvalue weighted by Crippen LogP contribution is 2.22. The van der Waals surface area contributed by atoms with Crippen molar-refractivity contribution in [3.05, 3.63) is 58.7 Å². The second-order valence-electron chi connectivity index (χ2n) is 4.64. The molecule has 1 heterocycles. The summed E-state index contributed by atoms with van der Waals surface area (Å²) in [6.45, 7) is -0.190. The van der Waals surface area contributed by atoms with Crippen molar-refractivity contribution in [3.8, 4) is 12.3 Å². The van der Waals surface area contributed by atoms with Crippen molar-refractivity contribution < 1.29 is 19.4 Å². The first-order chi connectivity index (χ1) is 11.5. The number of carboxylic acid groups (broad SMARTS) is 1. The quantitative estimate of drug-likeness (QED) is 0.665. The molecule has 0 radical (unpaired) electrons. The van der Waals surface area contributed by atoms with Crippen LogP contribution in [0.3, 0.4) is 0 Å². The number of hydrogen-bond acceptors (Lipinski definition) is 4. The third-order valence-electron chi connectivity index (χ3n) is 3.00. The fourth-order valence-electron chi connectivity index (χ4n) is 1.91. The number of ether oxygens (including phenoxy) is 1. The van der Waals surface area contributed by atoms with Gasteiger partial charge in [0.15, 0.2) is 5.82 Å². The van der Waals surface area contributed by atoms with Crippen LogP contribution in [-0.4, -0.2) is 28.7 Å². The monoisotopic (exact) mass is 344 g/mol. The number of carbonyl (C=O) groups excluding carboxylic acids is 1. The summed E-state index contributed by atoms with van der Waals surface area (Å²) in [5.41, 5.74) is 0.579.